The summed E-state index contributed by atoms with van der Waals surface area (Å²) >= 11 is 4.66. The van der Waals surface area contributed by atoms with E-state index in [1.807, 2.05) is 42.1 Å². The molecule has 1 saturated carbocycles. The summed E-state index contributed by atoms with van der Waals surface area (Å²) in [4.78, 5) is 25.0. The Morgan fingerprint density at radius 3 is 1.77 bits per heavy atom. The van der Waals surface area contributed by atoms with E-state index in [2.05, 4.69) is 114 Å². The Morgan fingerprint density at radius 2 is 1.39 bits per heavy atom. The summed E-state index contributed by atoms with van der Waals surface area (Å²) in [5.74, 6) is 3.53. The molecule has 2 aliphatic rings. The molecule has 1 aliphatic carbocycles. The molecule has 1 unspecified atom stereocenters. The summed E-state index contributed by atoms with van der Waals surface area (Å²) in [6.07, 6.45) is 16.5. The third kappa shape index (κ3) is 18.9. The molecule has 1 saturated heterocycles. The summed E-state index contributed by atoms with van der Waals surface area (Å²) in [5.41, 5.74) is 3.18. The van der Waals surface area contributed by atoms with E-state index >= 15 is 0 Å². The molecule has 0 aromatic heterocycles. The predicted octanol–water partition coefficient (Wildman–Crippen LogP) is 13.9. The van der Waals surface area contributed by atoms with Crippen LogP contribution >= 0.6 is 12.6 Å². The maximum absolute atomic E-state index is 13.3. The molecule has 1 aliphatic heterocycles. The first-order valence-corrected chi connectivity index (χ1v) is 23.5. The van der Waals surface area contributed by atoms with Crippen molar-refractivity contribution in [1.82, 2.24) is 0 Å². The Bertz CT molecular complexity index is 1210. The van der Waals surface area contributed by atoms with Crippen molar-refractivity contribution in [3.05, 3.63) is 29.3 Å². The van der Waals surface area contributed by atoms with Crippen LogP contribution in [0.2, 0.25) is 0 Å². The van der Waals surface area contributed by atoms with Gasteiger partial charge in [0.25, 0.3) is 0 Å². The van der Waals surface area contributed by atoms with E-state index in [0.717, 1.165) is 81.0 Å². The lowest BCUT2D eigenvalue weighted by molar-refractivity contribution is -0.129. The van der Waals surface area contributed by atoms with Crippen molar-refractivity contribution >= 4 is 37.1 Å². The van der Waals surface area contributed by atoms with Crippen LogP contribution in [0.15, 0.2) is 18.2 Å². The highest BCUT2D eigenvalue weighted by atomic mass is 32.1. The van der Waals surface area contributed by atoms with Gasteiger partial charge in [0.15, 0.2) is 0 Å². The van der Waals surface area contributed by atoms with Gasteiger partial charge < -0.3 is 9.39 Å². The van der Waals surface area contributed by atoms with E-state index in [9.17, 15) is 9.59 Å². The van der Waals surface area contributed by atoms with E-state index in [-0.39, 0.29) is 27.9 Å². The van der Waals surface area contributed by atoms with Crippen LogP contribution in [-0.4, -0.2) is 42.6 Å². The molecule has 325 valence electrons. The number of hydrogen-bond donors (Lipinski definition) is 1. The Kier molecular flexibility index (Phi) is 26.4. The van der Waals surface area contributed by atoms with Crippen molar-refractivity contribution < 1.29 is 19.0 Å². The Hall–Kier alpha value is -1.11. The van der Waals surface area contributed by atoms with Gasteiger partial charge in [0.2, 0.25) is 0 Å². The van der Waals surface area contributed by atoms with E-state index < -0.39 is 5.60 Å². The maximum atomic E-state index is 13.3. The van der Waals surface area contributed by atoms with Gasteiger partial charge in [-0.05, 0) is 114 Å². The first-order valence-electron chi connectivity index (χ1n) is 23.0. The molecule has 6 heteroatoms. The quantitative estimate of drug-likeness (QED) is 0.112. The van der Waals surface area contributed by atoms with Crippen molar-refractivity contribution in [2.24, 2.45) is 35.0 Å². The average molecular weight is 800 g/mol. The van der Waals surface area contributed by atoms with E-state index in [1.54, 1.807) is 0 Å². The molecule has 56 heavy (non-hydrogen) atoms. The summed E-state index contributed by atoms with van der Waals surface area (Å²) in [7, 11) is 1.82. The van der Waals surface area contributed by atoms with Gasteiger partial charge in [0.05, 0.1) is 11.0 Å². The highest BCUT2D eigenvalue weighted by Gasteiger charge is 2.40. The zero-order chi connectivity index (χ0) is 43.3. The van der Waals surface area contributed by atoms with Gasteiger partial charge in [0, 0.05) is 35.7 Å². The van der Waals surface area contributed by atoms with Crippen LogP contribution in [0.3, 0.4) is 0 Å². The third-order valence-corrected chi connectivity index (χ3v) is 13.4. The molecule has 3 rings (SSSR count). The smallest absolute Gasteiger partial charge is 0.330 e. The summed E-state index contributed by atoms with van der Waals surface area (Å²) < 4.78 is 11.0. The number of ether oxygens (including phenoxy) is 1. The number of hydrogen-bond acceptors (Lipinski definition) is 5. The fraction of sp³-hybridized carbons (Fsp3) is 0.840. The largest absolute Gasteiger partial charge is 0.428 e. The Balaban J connectivity index is 0.000000872. The molecule has 0 bridgehead atoms. The number of benzene rings is 1. The fourth-order valence-corrected chi connectivity index (χ4v) is 8.04. The van der Waals surface area contributed by atoms with Crippen LogP contribution in [0, 0.1) is 41.9 Å². The van der Waals surface area contributed by atoms with Crippen molar-refractivity contribution in [2.75, 3.05) is 13.2 Å². The van der Waals surface area contributed by atoms with Gasteiger partial charge in [0.1, 0.15) is 11.6 Å². The number of aryl methyl sites for hydroxylation is 1. The minimum absolute atomic E-state index is 0.0329. The zero-order valence-electron chi connectivity index (χ0n) is 40.1. The molecule has 1 heterocycles. The number of thiol groups is 1. The Morgan fingerprint density at radius 1 is 0.857 bits per heavy atom. The van der Waals surface area contributed by atoms with Crippen LogP contribution in [-0.2, 0) is 24.4 Å². The second-order valence-corrected chi connectivity index (χ2v) is 20.7. The van der Waals surface area contributed by atoms with Crippen molar-refractivity contribution in [2.45, 2.75) is 223 Å². The average Bonchev–Trinajstić information content (AvgIpc) is 3.13. The molecule has 1 aromatic carbocycles. The maximum Gasteiger partial charge on any atom is 0.330 e. The molecular weight excluding hydrogens is 707 g/mol. The molecule has 1 radical (unpaired) electrons. The SMILES string of the molecule is CCC(C)C(=O)C1CCOCC1.CCCC(C)(C)CC.CCCC(CCC)(C(=O)C(C)C)c1ccc([B]OC(C)(C)C(C)(C)S)cc1C.CCCC1CC(C)C1. The Labute approximate surface area is 355 Å². The zero-order valence-corrected chi connectivity index (χ0v) is 41.0. The van der Waals surface area contributed by atoms with Gasteiger partial charge in [-0.25, -0.2) is 0 Å². The molecule has 0 spiro atoms. The first-order chi connectivity index (χ1) is 26.0. The number of Topliss-reactive ketones (excluding diaryl/α,β-unsaturated/α-hetero) is 2. The van der Waals surface area contributed by atoms with E-state index in [4.69, 9.17) is 9.39 Å². The van der Waals surface area contributed by atoms with Gasteiger partial charge >= 0.3 is 7.48 Å². The van der Waals surface area contributed by atoms with E-state index in [1.165, 1.54) is 50.5 Å². The molecule has 4 nitrogen and oxygen atoms in total. The van der Waals surface area contributed by atoms with E-state index in [0.29, 0.717) is 17.0 Å². The number of carbonyl (C=O) groups excluding carboxylic acids is 2. The van der Waals surface area contributed by atoms with Crippen molar-refractivity contribution in [3.63, 3.8) is 0 Å². The van der Waals surface area contributed by atoms with Crippen LogP contribution in [0.4, 0.5) is 0 Å². The fourth-order valence-electron chi connectivity index (χ4n) is 7.99. The van der Waals surface area contributed by atoms with Gasteiger partial charge in [-0.15, -0.1) is 0 Å². The molecular formula is C50H92BO4S. The molecule has 0 amide bonds. The normalized spacial score (nSPS) is 18.3. The van der Waals surface area contributed by atoms with Gasteiger partial charge in [-0.2, -0.15) is 12.6 Å². The standard InChI is InChI=1S/C24H40BO2S.C10H18O2.C8H16.C8H18/c1-10-14-24(15-11-2,21(26)17(3)4)20-13-12-19(16-18(20)5)25-27-22(6,7)23(8,9)28;1-3-8(2)10(11)9-4-6-12-7-5-9;1-3-4-8-5-7(2)6-8;1-5-7-8(3,4)6-2/h12-13,16-17,28H,10-11,14-15H2,1-9H3;8-9H,3-7H2,1-2H3;7-8H,3-6H2,1-2H3;5-7H2,1-4H3. The highest BCUT2D eigenvalue weighted by molar-refractivity contribution is 7.81. The predicted molar refractivity (Wildman–Crippen MR) is 250 cm³/mol. The number of rotatable bonds is 19. The minimum atomic E-state index is -0.398. The van der Waals surface area contributed by atoms with Crippen molar-refractivity contribution in [3.8, 4) is 0 Å². The van der Waals surface area contributed by atoms with Gasteiger partial charge in [-0.3, -0.25) is 9.59 Å². The number of carbonyl (C=O) groups is 2. The molecule has 1 aromatic rings. The second-order valence-electron chi connectivity index (χ2n) is 19.6. The molecule has 2 fully saturated rings. The topological polar surface area (TPSA) is 52.6 Å². The van der Waals surface area contributed by atoms with Crippen LogP contribution in [0.5, 0.6) is 0 Å². The van der Waals surface area contributed by atoms with Crippen LogP contribution in [0.25, 0.3) is 0 Å². The van der Waals surface area contributed by atoms with Gasteiger partial charge in [-0.1, -0.05) is 145 Å². The van der Waals surface area contributed by atoms with Crippen molar-refractivity contribution in [1.29, 1.82) is 0 Å². The molecule has 1 atom stereocenters. The van der Waals surface area contributed by atoms with Crippen LogP contribution < -0.4 is 5.46 Å². The molecule has 0 N–H and O–H groups in total. The lowest BCUT2D eigenvalue weighted by Crippen LogP contribution is -2.46. The lowest BCUT2D eigenvalue weighted by Gasteiger charge is -2.38. The summed E-state index contributed by atoms with van der Waals surface area (Å²) in [6.45, 7) is 38.2. The first kappa shape index (κ1) is 54.9. The second kappa shape index (κ2) is 26.9. The minimum Gasteiger partial charge on any atom is -0.428 e. The van der Waals surface area contributed by atoms with Crippen LogP contribution in [0.1, 0.15) is 212 Å². The number of ketones is 2. The summed E-state index contributed by atoms with van der Waals surface area (Å²) in [5, 5.41) is 0. The summed E-state index contributed by atoms with van der Waals surface area (Å²) in [6, 6.07) is 6.37. The highest BCUT2D eigenvalue weighted by Crippen LogP contribution is 2.39. The lowest BCUT2D eigenvalue weighted by atomic mass is 9.66. The third-order valence-electron chi connectivity index (χ3n) is 12.9. The monoisotopic (exact) mass is 800 g/mol.